The third kappa shape index (κ3) is 3.23. The number of carbonyl (C=O) groups excluding carboxylic acids is 1. The van der Waals surface area contributed by atoms with E-state index in [9.17, 15) is 9.90 Å². The van der Waals surface area contributed by atoms with Gasteiger partial charge in [-0.25, -0.2) is 0 Å². The molecule has 0 radical (unpaired) electrons. The molecule has 0 fully saturated rings. The van der Waals surface area contributed by atoms with E-state index < -0.39 is 18.0 Å². The Labute approximate surface area is 108 Å². The molecule has 4 nitrogen and oxygen atoms in total. The van der Waals surface area contributed by atoms with Gasteiger partial charge in [0, 0.05) is 0 Å². The van der Waals surface area contributed by atoms with Crippen LogP contribution < -0.4 is 4.74 Å². The van der Waals surface area contributed by atoms with Gasteiger partial charge >= 0.3 is 5.97 Å². The quantitative estimate of drug-likeness (QED) is 0.816. The first-order chi connectivity index (χ1) is 8.51. The van der Waals surface area contributed by atoms with Crippen LogP contribution in [0.5, 0.6) is 5.75 Å². The van der Waals surface area contributed by atoms with Crippen LogP contribution in [0.4, 0.5) is 0 Å². The lowest BCUT2D eigenvalue weighted by Crippen LogP contribution is -2.28. The second-order valence-corrected chi connectivity index (χ2v) is 4.51. The van der Waals surface area contributed by atoms with Crippen LogP contribution in [0.3, 0.4) is 0 Å². The monoisotopic (exact) mass is 252 g/mol. The number of hydrogen-bond acceptors (Lipinski definition) is 4. The largest absolute Gasteiger partial charge is 0.497 e. The van der Waals surface area contributed by atoms with Crippen molar-refractivity contribution in [3.8, 4) is 5.75 Å². The van der Waals surface area contributed by atoms with E-state index in [1.165, 1.54) is 7.11 Å². The number of aliphatic hydroxyl groups excluding tert-OH is 1. The highest BCUT2D eigenvalue weighted by Gasteiger charge is 2.31. The van der Waals surface area contributed by atoms with Crippen molar-refractivity contribution in [3.63, 3.8) is 0 Å². The summed E-state index contributed by atoms with van der Waals surface area (Å²) in [5.41, 5.74) is 0.651. The maximum atomic E-state index is 11.7. The minimum atomic E-state index is -0.896. The third-order valence-electron chi connectivity index (χ3n) is 2.97. The minimum Gasteiger partial charge on any atom is -0.497 e. The molecule has 0 aliphatic carbocycles. The average molecular weight is 252 g/mol. The lowest BCUT2D eigenvalue weighted by atomic mass is 9.86. The van der Waals surface area contributed by atoms with Crippen LogP contribution in [0.25, 0.3) is 0 Å². The molecule has 0 aromatic heterocycles. The van der Waals surface area contributed by atoms with Crippen LogP contribution in [0.1, 0.15) is 25.5 Å². The molecule has 1 aromatic carbocycles. The molecule has 1 rings (SSSR count). The van der Waals surface area contributed by atoms with Crippen LogP contribution >= 0.6 is 0 Å². The first kappa shape index (κ1) is 14.5. The number of hydrogen-bond donors (Lipinski definition) is 1. The lowest BCUT2D eigenvalue weighted by molar-refractivity contribution is -0.152. The summed E-state index contributed by atoms with van der Waals surface area (Å²) in [6, 6.07) is 7.07. The normalized spacial score (nSPS) is 14.1. The summed E-state index contributed by atoms with van der Waals surface area (Å²) < 4.78 is 9.85. The lowest BCUT2D eigenvalue weighted by Gasteiger charge is -2.24. The Morgan fingerprint density at radius 1 is 1.28 bits per heavy atom. The Bertz CT molecular complexity index is 401. The van der Waals surface area contributed by atoms with E-state index in [0.29, 0.717) is 11.3 Å². The van der Waals surface area contributed by atoms with Gasteiger partial charge in [0.2, 0.25) is 0 Å². The molecule has 2 atom stereocenters. The molecule has 0 spiro atoms. The molecule has 18 heavy (non-hydrogen) atoms. The van der Waals surface area contributed by atoms with E-state index in [1.54, 1.807) is 31.4 Å². The van der Waals surface area contributed by atoms with Gasteiger partial charge in [-0.3, -0.25) is 4.79 Å². The summed E-state index contributed by atoms with van der Waals surface area (Å²) in [4.78, 5) is 11.7. The fourth-order valence-electron chi connectivity index (χ4n) is 1.93. The molecular weight excluding hydrogens is 232 g/mol. The van der Waals surface area contributed by atoms with Gasteiger partial charge < -0.3 is 14.6 Å². The molecule has 100 valence electrons. The molecule has 0 saturated carbocycles. The van der Waals surface area contributed by atoms with Gasteiger partial charge in [-0.05, 0) is 23.6 Å². The summed E-state index contributed by atoms with van der Waals surface area (Å²) in [5, 5.41) is 10.3. The van der Waals surface area contributed by atoms with E-state index >= 15 is 0 Å². The van der Waals surface area contributed by atoms with E-state index in [2.05, 4.69) is 0 Å². The number of carbonyl (C=O) groups is 1. The van der Waals surface area contributed by atoms with Crippen molar-refractivity contribution in [1.82, 2.24) is 0 Å². The Balaban J connectivity index is 3.01. The Morgan fingerprint density at radius 3 is 2.44 bits per heavy atom. The van der Waals surface area contributed by atoms with Gasteiger partial charge in [0.05, 0.1) is 26.2 Å². The van der Waals surface area contributed by atoms with Crippen molar-refractivity contribution < 1.29 is 19.4 Å². The zero-order valence-corrected chi connectivity index (χ0v) is 11.2. The fourth-order valence-corrected chi connectivity index (χ4v) is 1.93. The summed E-state index contributed by atoms with van der Waals surface area (Å²) in [6.07, 6.45) is -0.896. The molecule has 0 bridgehead atoms. The predicted molar refractivity (Wildman–Crippen MR) is 68.3 cm³/mol. The number of esters is 1. The zero-order chi connectivity index (χ0) is 13.7. The smallest absolute Gasteiger partial charge is 0.311 e. The summed E-state index contributed by atoms with van der Waals surface area (Å²) >= 11 is 0. The second-order valence-electron chi connectivity index (χ2n) is 4.51. The van der Waals surface area contributed by atoms with Gasteiger partial charge in [-0.15, -0.1) is 0 Å². The van der Waals surface area contributed by atoms with E-state index in [1.807, 2.05) is 13.8 Å². The Kier molecular flexibility index (Phi) is 5.16. The van der Waals surface area contributed by atoms with Crippen molar-refractivity contribution in [2.24, 2.45) is 11.8 Å². The standard InChI is InChI=1S/C14H20O4/c1-9(2)12(14(16)18-4)13(15)10-6-5-7-11(8-10)17-3/h5-9,12-13,15H,1-4H3. The number of ether oxygens (including phenoxy) is 2. The minimum absolute atomic E-state index is 0.0151. The van der Waals surface area contributed by atoms with E-state index in [4.69, 9.17) is 9.47 Å². The maximum Gasteiger partial charge on any atom is 0.311 e. The SMILES string of the molecule is COC(=O)C(C(C)C)C(O)c1cccc(OC)c1. The van der Waals surface area contributed by atoms with Crippen LogP contribution in [-0.4, -0.2) is 25.3 Å². The molecular formula is C14H20O4. The highest BCUT2D eigenvalue weighted by Crippen LogP contribution is 2.30. The van der Waals surface area contributed by atoms with Crippen LogP contribution in [0, 0.1) is 11.8 Å². The van der Waals surface area contributed by atoms with Gasteiger partial charge in [0.1, 0.15) is 5.75 Å². The van der Waals surface area contributed by atoms with Gasteiger partial charge in [0.15, 0.2) is 0 Å². The number of aliphatic hydroxyl groups is 1. The number of benzene rings is 1. The van der Waals surface area contributed by atoms with Gasteiger partial charge in [-0.1, -0.05) is 26.0 Å². The Hall–Kier alpha value is -1.55. The topological polar surface area (TPSA) is 55.8 Å². The molecule has 0 aliphatic rings. The Morgan fingerprint density at radius 2 is 1.94 bits per heavy atom. The molecule has 0 heterocycles. The van der Waals surface area contributed by atoms with E-state index in [0.717, 1.165) is 0 Å². The summed E-state index contributed by atoms with van der Waals surface area (Å²) in [7, 11) is 2.89. The fraction of sp³-hybridized carbons (Fsp3) is 0.500. The van der Waals surface area contributed by atoms with Gasteiger partial charge in [-0.2, -0.15) is 0 Å². The second kappa shape index (κ2) is 6.40. The number of methoxy groups -OCH3 is 2. The van der Waals surface area contributed by atoms with Crippen LogP contribution in [0.15, 0.2) is 24.3 Å². The van der Waals surface area contributed by atoms with Crippen LogP contribution in [0.2, 0.25) is 0 Å². The highest BCUT2D eigenvalue weighted by molar-refractivity contribution is 5.73. The van der Waals surface area contributed by atoms with E-state index in [-0.39, 0.29) is 5.92 Å². The van der Waals surface area contributed by atoms with Gasteiger partial charge in [0.25, 0.3) is 0 Å². The number of rotatable bonds is 5. The van der Waals surface area contributed by atoms with Crippen molar-refractivity contribution in [3.05, 3.63) is 29.8 Å². The third-order valence-corrected chi connectivity index (χ3v) is 2.97. The molecule has 1 N–H and O–H groups in total. The van der Waals surface area contributed by atoms with Crippen molar-refractivity contribution >= 4 is 5.97 Å². The molecule has 0 amide bonds. The average Bonchev–Trinajstić information content (AvgIpc) is 2.38. The maximum absolute atomic E-state index is 11.7. The first-order valence-corrected chi connectivity index (χ1v) is 5.91. The zero-order valence-electron chi connectivity index (χ0n) is 11.2. The molecule has 2 unspecified atom stereocenters. The van der Waals surface area contributed by atoms with Crippen LogP contribution in [-0.2, 0) is 9.53 Å². The van der Waals surface area contributed by atoms with Crippen molar-refractivity contribution in [2.45, 2.75) is 20.0 Å². The highest BCUT2D eigenvalue weighted by atomic mass is 16.5. The summed E-state index contributed by atoms with van der Waals surface area (Å²) in [6.45, 7) is 3.76. The summed E-state index contributed by atoms with van der Waals surface area (Å²) in [5.74, 6) is -0.347. The molecule has 4 heteroatoms. The van der Waals surface area contributed by atoms with Crippen molar-refractivity contribution in [2.75, 3.05) is 14.2 Å². The first-order valence-electron chi connectivity index (χ1n) is 5.91. The molecule has 0 aliphatic heterocycles. The molecule has 0 saturated heterocycles. The van der Waals surface area contributed by atoms with Crippen molar-refractivity contribution in [1.29, 1.82) is 0 Å². The predicted octanol–water partition coefficient (Wildman–Crippen LogP) is 2.17. The molecule has 1 aromatic rings.